The molecule has 0 radical (unpaired) electrons. The van der Waals surface area contributed by atoms with Crippen molar-refractivity contribution in [2.75, 3.05) is 19.6 Å². The summed E-state index contributed by atoms with van der Waals surface area (Å²) in [6.45, 7) is 6.68. The molecule has 1 aromatic carbocycles. The lowest BCUT2D eigenvalue weighted by Gasteiger charge is -2.35. The molecule has 0 spiro atoms. The maximum Gasteiger partial charge on any atom is 0.237 e. The van der Waals surface area contributed by atoms with Crippen LogP contribution < -0.4 is 10.6 Å². The number of carbonyl (C=O) groups is 2. The number of hydrogen-bond donors (Lipinski definition) is 2. The average molecular weight is 372 g/mol. The Hall–Kier alpha value is -1.30. The first-order valence-corrected chi connectivity index (χ1v) is 8.84. The molecule has 0 aliphatic carbocycles. The highest BCUT2D eigenvalue weighted by Gasteiger charge is 2.31. The quantitative estimate of drug-likeness (QED) is 0.807. The van der Waals surface area contributed by atoms with Crippen LogP contribution in [0.5, 0.6) is 0 Å². The molecule has 5 nitrogen and oxygen atoms in total. The number of nitrogens with one attached hydrogen (secondary N) is 2. The summed E-state index contributed by atoms with van der Waals surface area (Å²) in [6.07, 6.45) is 0.136. The Morgan fingerprint density at radius 2 is 2.17 bits per heavy atom. The molecule has 2 rings (SSSR count). The van der Waals surface area contributed by atoms with E-state index in [0.717, 1.165) is 18.7 Å². The van der Waals surface area contributed by atoms with E-state index in [1.165, 1.54) is 0 Å². The van der Waals surface area contributed by atoms with Crippen LogP contribution >= 0.6 is 23.2 Å². The Kier molecular flexibility index (Phi) is 6.90. The maximum absolute atomic E-state index is 12.3. The van der Waals surface area contributed by atoms with Gasteiger partial charge < -0.3 is 10.6 Å². The number of rotatable bonds is 6. The van der Waals surface area contributed by atoms with Crippen LogP contribution in [0, 0.1) is 5.92 Å². The monoisotopic (exact) mass is 371 g/mol. The molecule has 0 saturated carbocycles. The third-order valence-corrected chi connectivity index (χ3v) is 4.51. The molecule has 1 atom stereocenters. The summed E-state index contributed by atoms with van der Waals surface area (Å²) in [4.78, 5) is 26.5. The van der Waals surface area contributed by atoms with Gasteiger partial charge in [-0.15, -0.1) is 0 Å². The van der Waals surface area contributed by atoms with E-state index >= 15 is 0 Å². The fraction of sp³-hybridized carbons (Fsp3) is 0.529. The van der Waals surface area contributed by atoms with Gasteiger partial charge in [0, 0.05) is 36.2 Å². The standard InChI is InChI=1S/C17H23Cl2N3O2/c1-11(2)10-22-6-5-20-17(24)15(22)8-16(23)21-9-12-7-13(18)3-4-14(12)19/h3-4,7,11,15H,5-6,8-10H2,1-2H3,(H,20,24)(H,21,23)/t15-/m0/s1. The number of benzene rings is 1. The summed E-state index contributed by atoms with van der Waals surface area (Å²) < 4.78 is 0. The van der Waals surface area contributed by atoms with Crippen LogP contribution in [0.3, 0.4) is 0 Å². The fourth-order valence-electron chi connectivity index (χ4n) is 2.79. The molecule has 1 aliphatic heterocycles. The van der Waals surface area contributed by atoms with Crippen LogP contribution in [0.1, 0.15) is 25.8 Å². The van der Waals surface area contributed by atoms with Crippen LogP contribution in [-0.2, 0) is 16.1 Å². The van der Waals surface area contributed by atoms with Crippen molar-refractivity contribution in [1.82, 2.24) is 15.5 Å². The van der Waals surface area contributed by atoms with Gasteiger partial charge in [-0.25, -0.2) is 0 Å². The largest absolute Gasteiger partial charge is 0.353 e. The van der Waals surface area contributed by atoms with Crippen LogP contribution in [-0.4, -0.2) is 42.4 Å². The topological polar surface area (TPSA) is 61.4 Å². The van der Waals surface area contributed by atoms with Crippen molar-refractivity contribution in [3.8, 4) is 0 Å². The molecule has 132 valence electrons. The van der Waals surface area contributed by atoms with Crippen molar-refractivity contribution in [3.63, 3.8) is 0 Å². The molecule has 1 aromatic rings. The predicted octanol–water partition coefficient (Wildman–Crippen LogP) is 2.46. The lowest BCUT2D eigenvalue weighted by molar-refractivity contribution is -0.134. The van der Waals surface area contributed by atoms with Gasteiger partial charge in [0.25, 0.3) is 0 Å². The number of carbonyl (C=O) groups excluding carboxylic acids is 2. The zero-order chi connectivity index (χ0) is 17.7. The van der Waals surface area contributed by atoms with E-state index in [4.69, 9.17) is 23.2 Å². The third kappa shape index (κ3) is 5.36. The number of hydrogen-bond acceptors (Lipinski definition) is 3. The zero-order valence-corrected chi connectivity index (χ0v) is 15.5. The highest BCUT2D eigenvalue weighted by atomic mass is 35.5. The number of piperazine rings is 1. The van der Waals surface area contributed by atoms with E-state index < -0.39 is 6.04 Å². The van der Waals surface area contributed by atoms with Gasteiger partial charge in [-0.1, -0.05) is 37.0 Å². The third-order valence-electron chi connectivity index (χ3n) is 3.90. The highest BCUT2D eigenvalue weighted by molar-refractivity contribution is 6.33. The molecule has 0 unspecified atom stereocenters. The normalized spacial score (nSPS) is 18.5. The smallest absolute Gasteiger partial charge is 0.237 e. The molecular formula is C17H23Cl2N3O2. The Bertz CT molecular complexity index is 607. The van der Waals surface area contributed by atoms with E-state index in [9.17, 15) is 9.59 Å². The molecule has 0 bridgehead atoms. The van der Waals surface area contributed by atoms with Gasteiger partial charge in [-0.2, -0.15) is 0 Å². The zero-order valence-electron chi connectivity index (χ0n) is 13.9. The molecule has 1 saturated heterocycles. The van der Waals surface area contributed by atoms with Crippen molar-refractivity contribution in [2.45, 2.75) is 32.9 Å². The second-order valence-electron chi connectivity index (χ2n) is 6.41. The Balaban J connectivity index is 1.94. The summed E-state index contributed by atoms with van der Waals surface area (Å²) in [6, 6.07) is 4.70. The second kappa shape index (κ2) is 8.70. The summed E-state index contributed by atoms with van der Waals surface area (Å²) in [5.74, 6) is 0.173. The van der Waals surface area contributed by atoms with Crippen LogP contribution in [0.25, 0.3) is 0 Å². The lowest BCUT2D eigenvalue weighted by Crippen LogP contribution is -2.57. The number of amides is 2. The van der Waals surface area contributed by atoms with Gasteiger partial charge in [-0.05, 0) is 29.7 Å². The Morgan fingerprint density at radius 3 is 2.88 bits per heavy atom. The van der Waals surface area contributed by atoms with Gasteiger partial charge in [0.15, 0.2) is 0 Å². The number of nitrogens with zero attached hydrogens (tertiary/aromatic N) is 1. The van der Waals surface area contributed by atoms with Crippen LogP contribution in [0.2, 0.25) is 10.0 Å². The van der Waals surface area contributed by atoms with Crippen molar-refractivity contribution >= 4 is 35.0 Å². The van der Waals surface area contributed by atoms with Gasteiger partial charge in [-0.3, -0.25) is 14.5 Å². The Morgan fingerprint density at radius 1 is 1.42 bits per heavy atom. The van der Waals surface area contributed by atoms with Gasteiger partial charge >= 0.3 is 0 Å². The van der Waals surface area contributed by atoms with E-state index in [2.05, 4.69) is 29.4 Å². The Labute approximate surface area is 152 Å². The van der Waals surface area contributed by atoms with Gasteiger partial charge in [0.05, 0.1) is 12.5 Å². The molecular weight excluding hydrogens is 349 g/mol. The molecule has 1 aliphatic rings. The second-order valence-corrected chi connectivity index (χ2v) is 7.26. The first-order valence-electron chi connectivity index (χ1n) is 8.09. The summed E-state index contributed by atoms with van der Waals surface area (Å²) >= 11 is 12.0. The van der Waals surface area contributed by atoms with Crippen molar-refractivity contribution in [2.24, 2.45) is 5.92 Å². The van der Waals surface area contributed by atoms with Crippen LogP contribution in [0.4, 0.5) is 0 Å². The molecule has 0 aromatic heterocycles. The first-order chi connectivity index (χ1) is 11.4. The fourth-order valence-corrected chi connectivity index (χ4v) is 3.17. The molecule has 1 heterocycles. The van der Waals surface area contributed by atoms with Crippen molar-refractivity contribution in [1.29, 1.82) is 0 Å². The maximum atomic E-state index is 12.3. The minimum atomic E-state index is -0.420. The van der Waals surface area contributed by atoms with E-state index in [-0.39, 0.29) is 24.8 Å². The van der Waals surface area contributed by atoms with E-state index in [1.807, 2.05) is 0 Å². The van der Waals surface area contributed by atoms with E-state index in [0.29, 0.717) is 22.5 Å². The van der Waals surface area contributed by atoms with Crippen molar-refractivity contribution in [3.05, 3.63) is 33.8 Å². The summed E-state index contributed by atoms with van der Waals surface area (Å²) in [5.41, 5.74) is 0.754. The molecule has 24 heavy (non-hydrogen) atoms. The number of halogens is 2. The highest BCUT2D eigenvalue weighted by Crippen LogP contribution is 2.20. The van der Waals surface area contributed by atoms with E-state index in [1.54, 1.807) is 18.2 Å². The molecule has 1 fully saturated rings. The van der Waals surface area contributed by atoms with Gasteiger partial charge in [0.2, 0.25) is 11.8 Å². The predicted molar refractivity (Wildman–Crippen MR) is 96.1 cm³/mol. The molecule has 7 heteroatoms. The SMILES string of the molecule is CC(C)CN1CCNC(=O)[C@@H]1CC(=O)NCc1cc(Cl)ccc1Cl. The minimum Gasteiger partial charge on any atom is -0.353 e. The van der Waals surface area contributed by atoms with Gasteiger partial charge in [0.1, 0.15) is 0 Å². The molecule has 2 N–H and O–H groups in total. The van der Waals surface area contributed by atoms with Crippen LogP contribution in [0.15, 0.2) is 18.2 Å². The minimum absolute atomic E-state index is 0.0853. The average Bonchev–Trinajstić information content (AvgIpc) is 2.51. The first kappa shape index (κ1) is 19.0. The summed E-state index contributed by atoms with van der Waals surface area (Å²) in [7, 11) is 0. The van der Waals surface area contributed by atoms with Crippen molar-refractivity contribution < 1.29 is 9.59 Å². The summed E-state index contributed by atoms with van der Waals surface area (Å²) in [5, 5.41) is 6.77. The lowest BCUT2D eigenvalue weighted by atomic mass is 10.1. The molecule has 2 amide bonds.